The van der Waals surface area contributed by atoms with Crippen LogP contribution in [0, 0.1) is 0 Å². The lowest BCUT2D eigenvalue weighted by Gasteiger charge is -2.36. The number of ketones is 1. The summed E-state index contributed by atoms with van der Waals surface area (Å²) in [7, 11) is 0. The number of anilines is 2. The molecule has 0 saturated carbocycles. The van der Waals surface area contributed by atoms with Gasteiger partial charge in [-0.2, -0.15) is 0 Å². The van der Waals surface area contributed by atoms with Crippen molar-refractivity contribution in [2.75, 3.05) is 42.1 Å². The molecule has 9 heteroatoms. The summed E-state index contributed by atoms with van der Waals surface area (Å²) >= 11 is 2.84. The third-order valence-corrected chi connectivity index (χ3v) is 8.59. The van der Waals surface area contributed by atoms with E-state index in [1.165, 1.54) is 23.1 Å². The van der Waals surface area contributed by atoms with Crippen LogP contribution in [-0.4, -0.2) is 59.4 Å². The highest BCUT2D eigenvalue weighted by Crippen LogP contribution is 2.26. The van der Waals surface area contributed by atoms with Gasteiger partial charge < -0.3 is 15.1 Å². The van der Waals surface area contributed by atoms with E-state index in [0.29, 0.717) is 18.7 Å². The summed E-state index contributed by atoms with van der Waals surface area (Å²) in [5.41, 5.74) is 3.30. The maximum atomic E-state index is 12.9. The van der Waals surface area contributed by atoms with Crippen molar-refractivity contribution in [1.82, 2.24) is 9.88 Å². The third-order valence-electron chi connectivity index (χ3n) is 6.52. The molecule has 0 unspecified atom stereocenters. The fourth-order valence-corrected chi connectivity index (χ4v) is 6.12. The Labute approximate surface area is 229 Å². The van der Waals surface area contributed by atoms with Gasteiger partial charge in [-0.15, -0.1) is 11.3 Å². The number of hydrogen-bond acceptors (Lipinski definition) is 7. The highest BCUT2D eigenvalue weighted by Gasteiger charge is 2.22. The van der Waals surface area contributed by atoms with Crippen molar-refractivity contribution >= 4 is 62.8 Å². The number of piperazine rings is 1. The largest absolute Gasteiger partial charge is 0.368 e. The molecule has 1 aliphatic rings. The number of fused-ring (bicyclic) bond motifs is 1. The normalized spacial score (nSPS) is 13.5. The van der Waals surface area contributed by atoms with Crippen molar-refractivity contribution in [2.24, 2.45) is 0 Å². The molecule has 0 spiro atoms. The van der Waals surface area contributed by atoms with E-state index in [1.54, 1.807) is 6.92 Å². The van der Waals surface area contributed by atoms with Gasteiger partial charge in [0, 0.05) is 53.9 Å². The molecule has 2 heterocycles. The molecular weight excluding hydrogens is 516 g/mol. The van der Waals surface area contributed by atoms with Gasteiger partial charge in [-0.05, 0) is 42.6 Å². The first-order valence-corrected chi connectivity index (χ1v) is 14.3. The summed E-state index contributed by atoms with van der Waals surface area (Å²) in [6.07, 6.45) is 0.257. The Balaban J connectivity index is 1.08. The number of thiazole rings is 1. The van der Waals surface area contributed by atoms with Crippen molar-refractivity contribution in [3.05, 3.63) is 83.4 Å². The molecule has 4 aromatic rings. The number of carbonyl (C=O) groups excluding carboxylic acids is 3. The predicted octanol–water partition coefficient (Wildman–Crippen LogP) is 5.12. The summed E-state index contributed by atoms with van der Waals surface area (Å²) in [6.45, 7) is 4.35. The number of benzene rings is 3. The Hall–Kier alpha value is -3.69. The molecule has 1 aromatic heterocycles. The summed E-state index contributed by atoms with van der Waals surface area (Å²) in [6, 6.07) is 21.4. The fourth-order valence-electron chi connectivity index (χ4n) is 4.47. The topological polar surface area (TPSA) is 82.6 Å². The Bertz CT molecular complexity index is 1450. The quantitative estimate of drug-likeness (QED) is 0.245. The van der Waals surface area contributed by atoms with E-state index in [0.717, 1.165) is 45.3 Å². The summed E-state index contributed by atoms with van der Waals surface area (Å²) in [5, 5.41) is 6.99. The molecule has 0 bridgehead atoms. The van der Waals surface area contributed by atoms with E-state index in [4.69, 9.17) is 0 Å². The van der Waals surface area contributed by atoms with Gasteiger partial charge in [0.2, 0.25) is 11.8 Å². The maximum Gasteiger partial charge on any atom is 0.234 e. The first-order chi connectivity index (χ1) is 18.5. The molecule has 194 valence electrons. The minimum Gasteiger partial charge on any atom is -0.368 e. The van der Waals surface area contributed by atoms with Crippen LogP contribution in [0.5, 0.6) is 0 Å². The van der Waals surface area contributed by atoms with Crippen molar-refractivity contribution < 1.29 is 14.4 Å². The van der Waals surface area contributed by atoms with Gasteiger partial charge in [0.25, 0.3) is 0 Å². The average Bonchev–Trinajstić information content (AvgIpc) is 3.39. The lowest BCUT2D eigenvalue weighted by atomic mass is 10.1. The monoisotopic (exact) mass is 544 g/mol. The van der Waals surface area contributed by atoms with Crippen LogP contribution in [0.4, 0.5) is 11.4 Å². The van der Waals surface area contributed by atoms with Gasteiger partial charge in [-0.3, -0.25) is 14.4 Å². The number of Topliss-reactive ketones (excluding diaryl/α,β-unsaturated/α-hetero) is 1. The molecule has 0 radical (unpaired) electrons. The van der Waals surface area contributed by atoms with Crippen LogP contribution < -0.4 is 10.2 Å². The number of amides is 2. The number of carbonyl (C=O) groups is 3. The van der Waals surface area contributed by atoms with Crippen LogP contribution in [0.25, 0.3) is 10.8 Å². The molecule has 1 saturated heterocycles. The van der Waals surface area contributed by atoms with Crippen molar-refractivity contribution in [1.29, 1.82) is 0 Å². The molecule has 5 rings (SSSR count). The van der Waals surface area contributed by atoms with Gasteiger partial charge in [0.1, 0.15) is 0 Å². The average molecular weight is 545 g/mol. The van der Waals surface area contributed by atoms with E-state index in [-0.39, 0.29) is 29.8 Å². The number of thioether (sulfide) groups is 1. The Kier molecular flexibility index (Phi) is 8.05. The van der Waals surface area contributed by atoms with Gasteiger partial charge in [-0.25, -0.2) is 4.98 Å². The van der Waals surface area contributed by atoms with Gasteiger partial charge >= 0.3 is 0 Å². The summed E-state index contributed by atoms with van der Waals surface area (Å²) < 4.78 is 0.777. The molecule has 2 amide bonds. The van der Waals surface area contributed by atoms with Crippen LogP contribution in [-0.2, 0) is 16.0 Å². The molecular formula is C29H28N4O3S2. The predicted molar refractivity (Wildman–Crippen MR) is 154 cm³/mol. The van der Waals surface area contributed by atoms with Gasteiger partial charge in [0.15, 0.2) is 10.1 Å². The maximum absolute atomic E-state index is 12.9. The van der Waals surface area contributed by atoms with E-state index in [2.05, 4.69) is 15.2 Å². The molecule has 3 aromatic carbocycles. The SMILES string of the molecule is CC(=O)c1ccc(N2CCN(C(=O)Cc3csc(SCC(=O)Nc4cccc5ccccc45)n3)CC2)cc1. The molecule has 38 heavy (non-hydrogen) atoms. The Morgan fingerprint density at radius 1 is 0.947 bits per heavy atom. The lowest BCUT2D eigenvalue weighted by Crippen LogP contribution is -2.49. The van der Waals surface area contributed by atoms with Crippen molar-refractivity contribution in [2.45, 2.75) is 17.7 Å². The second-order valence-electron chi connectivity index (χ2n) is 9.12. The zero-order valence-electron chi connectivity index (χ0n) is 21.1. The highest BCUT2D eigenvalue weighted by molar-refractivity contribution is 8.01. The highest BCUT2D eigenvalue weighted by atomic mass is 32.2. The third kappa shape index (κ3) is 6.23. The van der Waals surface area contributed by atoms with E-state index >= 15 is 0 Å². The Morgan fingerprint density at radius 2 is 1.68 bits per heavy atom. The second kappa shape index (κ2) is 11.8. The number of aromatic nitrogens is 1. The van der Waals surface area contributed by atoms with Crippen LogP contribution in [0.1, 0.15) is 23.0 Å². The first kappa shape index (κ1) is 25.9. The molecule has 1 fully saturated rings. The van der Waals surface area contributed by atoms with E-state index < -0.39 is 0 Å². The van der Waals surface area contributed by atoms with Crippen LogP contribution in [0.15, 0.2) is 76.4 Å². The molecule has 1 N–H and O–H groups in total. The summed E-state index contributed by atoms with van der Waals surface area (Å²) in [4.78, 5) is 45.6. The van der Waals surface area contributed by atoms with Gasteiger partial charge in [-0.1, -0.05) is 48.2 Å². The first-order valence-electron chi connectivity index (χ1n) is 12.4. The minimum absolute atomic E-state index is 0.0553. The fraction of sp³-hybridized carbons (Fsp3) is 0.241. The number of hydrogen-bond donors (Lipinski definition) is 1. The molecule has 0 atom stereocenters. The smallest absolute Gasteiger partial charge is 0.234 e. The number of nitrogens with zero attached hydrogens (tertiary/aromatic N) is 3. The van der Waals surface area contributed by atoms with Crippen molar-refractivity contribution in [3.63, 3.8) is 0 Å². The molecule has 7 nitrogen and oxygen atoms in total. The van der Waals surface area contributed by atoms with Crippen molar-refractivity contribution in [3.8, 4) is 0 Å². The Morgan fingerprint density at radius 3 is 2.45 bits per heavy atom. The molecule has 0 aliphatic carbocycles. The minimum atomic E-state index is -0.0898. The van der Waals surface area contributed by atoms with Crippen LogP contribution in [0.2, 0.25) is 0 Å². The van der Waals surface area contributed by atoms with Crippen LogP contribution >= 0.6 is 23.1 Å². The number of nitrogens with one attached hydrogen (secondary N) is 1. The lowest BCUT2D eigenvalue weighted by molar-refractivity contribution is -0.130. The van der Waals surface area contributed by atoms with E-state index in [1.807, 2.05) is 77.0 Å². The summed E-state index contributed by atoms with van der Waals surface area (Å²) in [5.74, 6) is 0.277. The second-order valence-corrected chi connectivity index (χ2v) is 11.2. The van der Waals surface area contributed by atoms with Crippen LogP contribution in [0.3, 0.4) is 0 Å². The number of rotatable bonds is 8. The molecule has 1 aliphatic heterocycles. The zero-order chi connectivity index (χ0) is 26.5. The van der Waals surface area contributed by atoms with Gasteiger partial charge in [0.05, 0.1) is 17.9 Å². The standard InChI is InChI=1S/C29H28N4O3S2/c1-20(34)21-9-11-24(12-10-21)32-13-15-33(16-14-32)28(36)17-23-18-37-29(30-23)38-19-27(35)31-26-8-4-6-22-5-2-3-7-25(22)26/h2-12,18H,13-17,19H2,1H3,(H,31,35). The zero-order valence-corrected chi connectivity index (χ0v) is 22.7. The van der Waals surface area contributed by atoms with E-state index in [9.17, 15) is 14.4 Å².